The summed E-state index contributed by atoms with van der Waals surface area (Å²) in [5, 5.41) is 2.77. The van der Waals surface area contributed by atoms with Gasteiger partial charge in [-0.3, -0.25) is 4.79 Å². The van der Waals surface area contributed by atoms with Crippen molar-refractivity contribution < 1.29 is 9.53 Å². The zero-order valence-electron chi connectivity index (χ0n) is 11.3. The Bertz CT molecular complexity index is 451. The minimum Gasteiger partial charge on any atom is -0.488 e. The number of likely N-dealkylation sites (tertiary alicyclic amines) is 1. The van der Waals surface area contributed by atoms with Crippen molar-refractivity contribution in [1.29, 1.82) is 0 Å². The standard InChI is InChI=1S/C15H20N2O2/c1-3-15(18)16-13-6-4-5-7-14(13)19-12-8-10-17(2)11-9-12/h3-7,12H,1,8-11H2,2H3,(H,16,18). The van der Waals surface area contributed by atoms with E-state index in [1.165, 1.54) is 6.08 Å². The lowest BCUT2D eigenvalue weighted by atomic mass is 10.1. The Morgan fingerprint density at radius 3 is 2.79 bits per heavy atom. The van der Waals surface area contributed by atoms with E-state index >= 15 is 0 Å². The molecule has 0 spiro atoms. The molecule has 1 saturated heterocycles. The fourth-order valence-corrected chi connectivity index (χ4v) is 2.14. The van der Waals surface area contributed by atoms with Gasteiger partial charge < -0.3 is 15.0 Å². The van der Waals surface area contributed by atoms with Crippen molar-refractivity contribution in [2.75, 3.05) is 25.5 Å². The molecule has 1 N–H and O–H groups in total. The maximum Gasteiger partial charge on any atom is 0.247 e. The predicted octanol–water partition coefficient (Wildman–Crippen LogP) is 2.28. The molecule has 1 aliphatic rings. The second-order valence-corrected chi connectivity index (χ2v) is 4.81. The Morgan fingerprint density at radius 2 is 2.11 bits per heavy atom. The summed E-state index contributed by atoms with van der Waals surface area (Å²) in [6.07, 6.45) is 3.50. The van der Waals surface area contributed by atoms with Crippen LogP contribution in [0.5, 0.6) is 5.75 Å². The highest BCUT2D eigenvalue weighted by Gasteiger charge is 2.19. The van der Waals surface area contributed by atoms with Gasteiger partial charge in [-0.1, -0.05) is 18.7 Å². The van der Waals surface area contributed by atoms with Crippen molar-refractivity contribution in [1.82, 2.24) is 4.90 Å². The van der Waals surface area contributed by atoms with Crippen molar-refractivity contribution in [2.24, 2.45) is 0 Å². The largest absolute Gasteiger partial charge is 0.488 e. The topological polar surface area (TPSA) is 41.6 Å². The molecular formula is C15H20N2O2. The summed E-state index contributed by atoms with van der Waals surface area (Å²) in [4.78, 5) is 13.7. The first-order valence-electron chi connectivity index (χ1n) is 6.56. The van der Waals surface area contributed by atoms with Gasteiger partial charge in [-0.05, 0) is 38.1 Å². The molecular weight excluding hydrogens is 240 g/mol. The molecule has 2 rings (SSSR count). The number of ether oxygens (including phenoxy) is 1. The molecule has 1 aromatic carbocycles. The normalized spacial score (nSPS) is 16.9. The number of carbonyl (C=O) groups excluding carboxylic acids is 1. The molecule has 19 heavy (non-hydrogen) atoms. The van der Waals surface area contributed by atoms with Crippen molar-refractivity contribution >= 4 is 11.6 Å². The zero-order valence-corrected chi connectivity index (χ0v) is 11.3. The van der Waals surface area contributed by atoms with Crippen LogP contribution < -0.4 is 10.1 Å². The maximum absolute atomic E-state index is 11.4. The van der Waals surface area contributed by atoms with Crippen LogP contribution >= 0.6 is 0 Å². The van der Waals surface area contributed by atoms with E-state index in [1.807, 2.05) is 24.3 Å². The summed E-state index contributed by atoms with van der Waals surface area (Å²) < 4.78 is 6.00. The lowest BCUT2D eigenvalue weighted by molar-refractivity contribution is -0.111. The number of para-hydroxylation sites is 2. The van der Waals surface area contributed by atoms with Gasteiger partial charge in [-0.25, -0.2) is 0 Å². The van der Waals surface area contributed by atoms with Gasteiger partial charge in [-0.15, -0.1) is 0 Å². The van der Waals surface area contributed by atoms with Gasteiger partial charge in [0.2, 0.25) is 5.91 Å². The Balaban J connectivity index is 2.03. The number of hydrogen-bond donors (Lipinski definition) is 1. The average Bonchev–Trinajstić information content (AvgIpc) is 2.43. The summed E-state index contributed by atoms with van der Waals surface area (Å²) in [5.41, 5.74) is 0.700. The lowest BCUT2D eigenvalue weighted by Crippen LogP contribution is -2.35. The summed E-state index contributed by atoms with van der Waals surface area (Å²) in [5.74, 6) is 0.506. The van der Waals surface area contributed by atoms with Gasteiger partial charge in [0.15, 0.2) is 0 Å². The first kappa shape index (κ1) is 13.6. The number of benzene rings is 1. The van der Waals surface area contributed by atoms with Gasteiger partial charge in [0.25, 0.3) is 0 Å². The molecule has 4 heteroatoms. The molecule has 1 amide bonds. The Labute approximate surface area is 114 Å². The van der Waals surface area contributed by atoms with Crippen LogP contribution in [0.4, 0.5) is 5.69 Å². The molecule has 4 nitrogen and oxygen atoms in total. The van der Waals surface area contributed by atoms with E-state index < -0.39 is 0 Å². The second-order valence-electron chi connectivity index (χ2n) is 4.81. The van der Waals surface area contributed by atoms with Crippen LogP contribution in [-0.2, 0) is 4.79 Å². The molecule has 0 atom stereocenters. The number of hydrogen-bond acceptors (Lipinski definition) is 3. The highest BCUT2D eigenvalue weighted by atomic mass is 16.5. The molecule has 102 valence electrons. The molecule has 0 bridgehead atoms. The van der Waals surface area contributed by atoms with E-state index in [-0.39, 0.29) is 12.0 Å². The number of carbonyl (C=O) groups is 1. The molecule has 0 unspecified atom stereocenters. The molecule has 1 aliphatic heterocycles. The SMILES string of the molecule is C=CC(=O)Nc1ccccc1OC1CCN(C)CC1. The van der Waals surface area contributed by atoms with Gasteiger partial charge in [0.1, 0.15) is 11.9 Å². The monoisotopic (exact) mass is 260 g/mol. The van der Waals surface area contributed by atoms with E-state index in [2.05, 4.69) is 23.8 Å². The quantitative estimate of drug-likeness (QED) is 0.844. The van der Waals surface area contributed by atoms with E-state index in [0.717, 1.165) is 31.7 Å². The highest BCUT2D eigenvalue weighted by Crippen LogP contribution is 2.27. The second kappa shape index (κ2) is 6.38. The van der Waals surface area contributed by atoms with Crippen molar-refractivity contribution in [2.45, 2.75) is 18.9 Å². The molecule has 0 aliphatic carbocycles. The number of nitrogens with one attached hydrogen (secondary N) is 1. The Morgan fingerprint density at radius 1 is 1.42 bits per heavy atom. The third-order valence-corrected chi connectivity index (χ3v) is 3.29. The number of amides is 1. The first-order valence-corrected chi connectivity index (χ1v) is 6.56. The summed E-state index contributed by atoms with van der Waals surface area (Å²) in [6, 6.07) is 7.51. The van der Waals surface area contributed by atoms with Crippen molar-refractivity contribution in [3.63, 3.8) is 0 Å². The first-order chi connectivity index (χ1) is 9.19. The number of piperidine rings is 1. The minimum absolute atomic E-state index is 0.220. The predicted molar refractivity (Wildman–Crippen MR) is 76.4 cm³/mol. The summed E-state index contributed by atoms with van der Waals surface area (Å²) in [6.45, 7) is 5.55. The molecule has 0 aromatic heterocycles. The molecule has 1 heterocycles. The molecule has 0 saturated carbocycles. The van der Waals surface area contributed by atoms with Crippen molar-refractivity contribution in [3.05, 3.63) is 36.9 Å². The van der Waals surface area contributed by atoms with E-state index in [1.54, 1.807) is 0 Å². The van der Waals surface area contributed by atoms with E-state index in [0.29, 0.717) is 5.69 Å². The molecule has 1 fully saturated rings. The van der Waals surface area contributed by atoms with E-state index in [4.69, 9.17) is 4.74 Å². The van der Waals surface area contributed by atoms with Crippen LogP contribution in [0.15, 0.2) is 36.9 Å². The zero-order chi connectivity index (χ0) is 13.7. The summed E-state index contributed by atoms with van der Waals surface area (Å²) in [7, 11) is 2.12. The van der Waals surface area contributed by atoms with Crippen LogP contribution in [0.1, 0.15) is 12.8 Å². The minimum atomic E-state index is -0.223. The number of rotatable bonds is 4. The fourth-order valence-electron chi connectivity index (χ4n) is 2.14. The van der Waals surface area contributed by atoms with Crippen LogP contribution in [0, 0.1) is 0 Å². The number of nitrogens with zero attached hydrogens (tertiary/aromatic N) is 1. The smallest absolute Gasteiger partial charge is 0.247 e. The van der Waals surface area contributed by atoms with Gasteiger partial charge in [-0.2, -0.15) is 0 Å². The Hall–Kier alpha value is -1.81. The Kier molecular flexibility index (Phi) is 4.58. The summed E-state index contributed by atoms with van der Waals surface area (Å²) >= 11 is 0. The highest BCUT2D eigenvalue weighted by molar-refractivity contribution is 5.99. The van der Waals surface area contributed by atoms with Crippen LogP contribution in [0.25, 0.3) is 0 Å². The van der Waals surface area contributed by atoms with E-state index in [9.17, 15) is 4.79 Å². The van der Waals surface area contributed by atoms with Crippen LogP contribution in [0.3, 0.4) is 0 Å². The molecule has 1 aromatic rings. The average molecular weight is 260 g/mol. The van der Waals surface area contributed by atoms with Crippen molar-refractivity contribution in [3.8, 4) is 5.75 Å². The third-order valence-electron chi connectivity index (χ3n) is 3.29. The molecule has 0 radical (unpaired) electrons. The maximum atomic E-state index is 11.4. The third kappa shape index (κ3) is 3.83. The van der Waals surface area contributed by atoms with Crippen LogP contribution in [-0.4, -0.2) is 37.0 Å². The fraction of sp³-hybridized carbons (Fsp3) is 0.400. The lowest BCUT2D eigenvalue weighted by Gasteiger charge is -2.29. The number of anilines is 1. The van der Waals surface area contributed by atoms with Gasteiger partial charge in [0.05, 0.1) is 5.69 Å². The van der Waals surface area contributed by atoms with Crippen LogP contribution in [0.2, 0.25) is 0 Å². The van der Waals surface area contributed by atoms with Gasteiger partial charge >= 0.3 is 0 Å². The van der Waals surface area contributed by atoms with Gasteiger partial charge in [0, 0.05) is 13.1 Å².